The van der Waals surface area contributed by atoms with Crippen molar-refractivity contribution >= 4 is 33.6 Å². The number of primary amides is 1. The lowest BCUT2D eigenvalue weighted by Crippen LogP contribution is -2.53. The van der Waals surface area contributed by atoms with Crippen LogP contribution in [-0.2, 0) is 22.7 Å². The van der Waals surface area contributed by atoms with Crippen molar-refractivity contribution in [1.82, 2.24) is 29.6 Å². The Hall–Kier alpha value is -4.04. The summed E-state index contributed by atoms with van der Waals surface area (Å²) in [5.74, 6) is -1.15. The minimum atomic E-state index is -3.42. The highest BCUT2D eigenvalue weighted by atomic mass is 32.3. The fourth-order valence-corrected chi connectivity index (χ4v) is 7.39. The maximum absolute atomic E-state index is 13.5. The summed E-state index contributed by atoms with van der Waals surface area (Å²) in [7, 11) is -3.42. The number of pyridine rings is 1. The van der Waals surface area contributed by atoms with E-state index in [9.17, 15) is 18.7 Å². The third-order valence-corrected chi connectivity index (χ3v) is 10.7. The summed E-state index contributed by atoms with van der Waals surface area (Å²) in [6.45, 7) is 12.3. The average Bonchev–Trinajstić information content (AvgIpc) is 3.40. The van der Waals surface area contributed by atoms with Gasteiger partial charge in [-0.3, -0.25) is 18.7 Å². The molecule has 46 heavy (non-hydrogen) atoms. The molecule has 0 saturated heterocycles. The number of amides is 2. The second-order valence-corrected chi connectivity index (χ2v) is 14.3. The van der Waals surface area contributed by atoms with Gasteiger partial charge in [-0.2, -0.15) is 4.31 Å². The molecule has 0 fully saturated rings. The van der Waals surface area contributed by atoms with Crippen molar-refractivity contribution in [1.29, 1.82) is 0 Å². The van der Waals surface area contributed by atoms with E-state index in [1.54, 1.807) is 36.5 Å². The predicted octanol–water partition coefficient (Wildman–Crippen LogP) is 5.06. The minimum Gasteiger partial charge on any atom is -0.472 e. The van der Waals surface area contributed by atoms with Crippen molar-refractivity contribution in [2.24, 2.45) is 5.73 Å². The number of aromatic nitrogens is 4. The van der Waals surface area contributed by atoms with Crippen LogP contribution in [0, 0.1) is 13.8 Å². The van der Waals surface area contributed by atoms with Crippen molar-refractivity contribution in [2.75, 3.05) is 6.54 Å². The zero-order valence-corrected chi connectivity index (χ0v) is 28.0. The number of hydrogen-bond acceptors (Lipinski definition) is 9. The number of aryl methyl sites for hydroxylation is 3. The van der Waals surface area contributed by atoms with Crippen LogP contribution in [0.1, 0.15) is 74.3 Å². The summed E-state index contributed by atoms with van der Waals surface area (Å²) in [5.41, 5.74) is 10.5. The Morgan fingerprint density at radius 3 is 2.63 bits per heavy atom. The van der Waals surface area contributed by atoms with Crippen LogP contribution in [-0.4, -0.2) is 63.4 Å². The number of fused-ring (bicyclic) bond motifs is 2. The summed E-state index contributed by atoms with van der Waals surface area (Å²) in [6, 6.07) is 13.3. The molecule has 2 aromatic heterocycles. The summed E-state index contributed by atoms with van der Waals surface area (Å²) in [6.07, 6.45) is 1.98. The van der Waals surface area contributed by atoms with Crippen LogP contribution in [0.4, 0.5) is 0 Å². The van der Waals surface area contributed by atoms with E-state index in [0.29, 0.717) is 13.0 Å². The molecule has 3 heterocycles. The molecule has 2 aromatic carbocycles. The molecular formula is C33H43N7O5S. The fourth-order valence-electron chi connectivity index (χ4n) is 5.82. The molecular weight excluding hydrogens is 606 g/mol. The molecule has 12 nitrogen and oxygen atoms in total. The monoisotopic (exact) mass is 649 g/mol. The van der Waals surface area contributed by atoms with Gasteiger partial charge in [-0.1, -0.05) is 36.4 Å². The maximum Gasteiger partial charge on any atom is 0.242 e. The molecule has 0 radical (unpaired) electrons. The lowest BCUT2D eigenvalue weighted by atomic mass is 9.84. The fraction of sp³-hybridized carbons (Fsp3) is 0.424. The van der Waals surface area contributed by atoms with E-state index in [-0.39, 0.29) is 42.3 Å². The number of ether oxygens (including phenoxy) is 1. The van der Waals surface area contributed by atoms with E-state index in [4.69, 9.17) is 10.5 Å². The first-order valence-corrected chi connectivity index (χ1v) is 16.9. The highest BCUT2D eigenvalue weighted by Crippen LogP contribution is 2.57. The van der Waals surface area contributed by atoms with E-state index in [0.717, 1.165) is 38.9 Å². The van der Waals surface area contributed by atoms with Crippen molar-refractivity contribution in [3.63, 3.8) is 0 Å². The van der Waals surface area contributed by atoms with Crippen LogP contribution in [0.2, 0.25) is 0 Å². The van der Waals surface area contributed by atoms with Crippen LogP contribution < -0.4 is 15.8 Å². The topological polar surface area (TPSA) is 169 Å². The molecule has 5 N–H and O–H groups in total. The quantitative estimate of drug-likeness (QED) is 0.183. The van der Waals surface area contributed by atoms with E-state index < -0.39 is 28.1 Å². The third kappa shape index (κ3) is 6.45. The SMILES string of the molecule is CCC1CN(Cc2cc(C(CC(=O)NC(C)(C)C(N)=O)c3ccc4c(nnn4CC)c3C)ccc2C)S(O)(O)c2cccnc2O1. The van der Waals surface area contributed by atoms with Crippen molar-refractivity contribution < 1.29 is 23.4 Å². The maximum atomic E-state index is 13.5. The van der Waals surface area contributed by atoms with Crippen LogP contribution in [0.3, 0.4) is 0 Å². The molecule has 2 atom stereocenters. The highest BCUT2D eigenvalue weighted by Gasteiger charge is 2.36. The van der Waals surface area contributed by atoms with Gasteiger partial charge in [0.1, 0.15) is 22.1 Å². The van der Waals surface area contributed by atoms with E-state index in [1.807, 2.05) is 62.7 Å². The second kappa shape index (κ2) is 13.0. The van der Waals surface area contributed by atoms with Gasteiger partial charge in [0.2, 0.25) is 17.7 Å². The smallest absolute Gasteiger partial charge is 0.242 e. The normalized spacial score (nSPS) is 17.9. The Morgan fingerprint density at radius 2 is 1.93 bits per heavy atom. The largest absolute Gasteiger partial charge is 0.472 e. The van der Waals surface area contributed by atoms with Gasteiger partial charge in [0, 0.05) is 31.6 Å². The number of carbonyl (C=O) groups excluding carboxylic acids is 2. The molecule has 0 bridgehead atoms. The molecule has 1 aliphatic heterocycles. The Balaban J connectivity index is 1.56. The lowest BCUT2D eigenvalue weighted by molar-refractivity contribution is -0.130. The van der Waals surface area contributed by atoms with Crippen LogP contribution >= 0.6 is 10.8 Å². The summed E-state index contributed by atoms with van der Waals surface area (Å²) < 4.78 is 32.7. The summed E-state index contributed by atoms with van der Waals surface area (Å²) in [4.78, 5) is 30.0. The predicted molar refractivity (Wildman–Crippen MR) is 177 cm³/mol. The first-order chi connectivity index (χ1) is 21.8. The van der Waals surface area contributed by atoms with Gasteiger partial charge in [0.15, 0.2) is 0 Å². The molecule has 2 amide bonds. The number of nitrogens with zero attached hydrogens (tertiary/aromatic N) is 5. The average molecular weight is 650 g/mol. The van der Waals surface area contributed by atoms with E-state index in [2.05, 4.69) is 20.6 Å². The van der Waals surface area contributed by atoms with Gasteiger partial charge < -0.3 is 15.8 Å². The number of hydrogen-bond donors (Lipinski definition) is 4. The van der Waals surface area contributed by atoms with E-state index >= 15 is 0 Å². The van der Waals surface area contributed by atoms with Gasteiger partial charge in [0.25, 0.3) is 0 Å². The Kier molecular flexibility index (Phi) is 9.41. The summed E-state index contributed by atoms with van der Waals surface area (Å²) >= 11 is 0. The highest BCUT2D eigenvalue weighted by molar-refractivity contribution is 8.22. The van der Waals surface area contributed by atoms with Crippen molar-refractivity contribution in [3.8, 4) is 5.88 Å². The van der Waals surface area contributed by atoms with Crippen LogP contribution in [0.5, 0.6) is 5.88 Å². The third-order valence-electron chi connectivity index (χ3n) is 8.77. The number of rotatable bonds is 10. The molecule has 0 spiro atoms. The lowest BCUT2D eigenvalue weighted by Gasteiger charge is -2.41. The van der Waals surface area contributed by atoms with Gasteiger partial charge in [-0.15, -0.1) is 15.9 Å². The minimum absolute atomic E-state index is 0.0389. The molecule has 13 heteroatoms. The molecule has 0 aliphatic carbocycles. The van der Waals surface area contributed by atoms with E-state index in [1.165, 1.54) is 0 Å². The Morgan fingerprint density at radius 1 is 1.17 bits per heavy atom. The van der Waals surface area contributed by atoms with Gasteiger partial charge in [-0.25, -0.2) is 9.67 Å². The van der Waals surface area contributed by atoms with Crippen molar-refractivity contribution in [3.05, 3.63) is 76.5 Å². The molecule has 4 aromatic rings. The zero-order valence-electron chi connectivity index (χ0n) is 27.1. The van der Waals surface area contributed by atoms with Crippen LogP contribution in [0.25, 0.3) is 11.0 Å². The molecule has 5 rings (SSSR count). The van der Waals surface area contributed by atoms with Crippen LogP contribution in [0.15, 0.2) is 53.6 Å². The first kappa shape index (κ1) is 33.3. The zero-order chi connectivity index (χ0) is 33.4. The Labute approximate surface area is 270 Å². The Bertz CT molecular complexity index is 1770. The van der Waals surface area contributed by atoms with Gasteiger partial charge in [-0.05, 0) is 87.1 Å². The first-order valence-electron chi connectivity index (χ1n) is 15.4. The number of carbonyl (C=O) groups is 2. The molecule has 1 aliphatic rings. The number of nitrogens with one attached hydrogen (secondary N) is 1. The molecule has 2 unspecified atom stereocenters. The number of nitrogens with two attached hydrogens (primary N) is 1. The second-order valence-electron chi connectivity index (χ2n) is 12.3. The standard InChI is InChI=1S/C33H43N7O5S/c1-7-24-19-39(46(43,44)28-10-9-15-35-31(28)45-24)18-23-16-22(12-11-20(23)3)26(17-29(41)36-33(5,6)32(34)42)25-13-14-27-30(21(25)4)37-38-40(27)8-2/h9-16,24,26,43-44H,7-8,17-19H2,1-6H3,(H2,34,42)(H,36,41). The number of benzene rings is 2. The van der Waals surface area contributed by atoms with Crippen molar-refractivity contribution in [2.45, 2.75) is 89.9 Å². The van der Waals surface area contributed by atoms with Gasteiger partial charge >= 0.3 is 0 Å². The molecule has 0 saturated carbocycles. The molecule has 246 valence electrons. The summed E-state index contributed by atoms with van der Waals surface area (Å²) in [5, 5.41) is 11.5. The van der Waals surface area contributed by atoms with Gasteiger partial charge in [0.05, 0.1) is 12.1 Å².